The molecule has 2 aromatic heterocycles. The van der Waals surface area contributed by atoms with Crippen LogP contribution in [0.25, 0.3) is 0 Å². The summed E-state index contributed by atoms with van der Waals surface area (Å²) in [7, 11) is 3.44. The van der Waals surface area contributed by atoms with Crippen molar-refractivity contribution in [3.63, 3.8) is 0 Å². The van der Waals surface area contributed by atoms with Crippen molar-refractivity contribution in [2.24, 2.45) is 4.99 Å². The predicted octanol–water partition coefficient (Wildman–Crippen LogP) is 1.73. The average Bonchev–Trinajstić information content (AvgIpc) is 3.16. The van der Waals surface area contributed by atoms with E-state index < -0.39 is 0 Å². The zero-order valence-corrected chi connectivity index (χ0v) is 17.3. The highest BCUT2D eigenvalue weighted by molar-refractivity contribution is 5.86. The molecule has 0 saturated heterocycles. The maximum Gasteiger partial charge on any atom is 0.241 e. The number of aliphatic imine (C=N–C) groups is 1. The van der Waals surface area contributed by atoms with E-state index >= 15 is 0 Å². The lowest BCUT2D eigenvalue weighted by Gasteiger charge is -2.18. The van der Waals surface area contributed by atoms with Crippen LogP contribution in [0.4, 0.5) is 0 Å². The molecule has 1 amide bonds. The number of likely N-dealkylation sites (N-methyl/N-ethyl adjacent to an activating group) is 1. The van der Waals surface area contributed by atoms with E-state index in [1.165, 1.54) is 0 Å². The van der Waals surface area contributed by atoms with Crippen molar-refractivity contribution in [1.29, 1.82) is 0 Å². The fraction of sp³-hybridized carbons (Fsp3) is 0.500. The van der Waals surface area contributed by atoms with Crippen molar-refractivity contribution in [1.82, 2.24) is 25.5 Å². The van der Waals surface area contributed by atoms with Crippen molar-refractivity contribution >= 4 is 11.9 Å². The molecule has 8 heteroatoms. The SMILES string of the molecule is CN=C(NCC(=O)N(C)CCc1ccccn1)NCc1ncc(C(C)(C)C)o1. The summed E-state index contributed by atoms with van der Waals surface area (Å²) < 4.78 is 5.74. The van der Waals surface area contributed by atoms with Crippen LogP contribution in [0.2, 0.25) is 0 Å². The molecule has 2 N–H and O–H groups in total. The van der Waals surface area contributed by atoms with Gasteiger partial charge in [0.1, 0.15) is 5.76 Å². The first-order valence-electron chi connectivity index (χ1n) is 9.33. The number of rotatable bonds is 7. The van der Waals surface area contributed by atoms with Gasteiger partial charge in [-0.25, -0.2) is 4.98 Å². The fourth-order valence-electron chi connectivity index (χ4n) is 2.37. The third-order valence-corrected chi connectivity index (χ3v) is 4.19. The molecule has 0 aromatic carbocycles. The van der Waals surface area contributed by atoms with Gasteiger partial charge in [0.15, 0.2) is 5.96 Å². The number of nitrogens with zero attached hydrogens (tertiary/aromatic N) is 4. The normalized spacial score (nSPS) is 12.0. The predicted molar refractivity (Wildman–Crippen MR) is 109 cm³/mol. The maximum absolute atomic E-state index is 12.3. The third kappa shape index (κ3) is 6.68. The molecule has 0 saturated carbocycles. The van der Waals surface area contributed by atoms with Crippen LogP contribution >= 0.6 is 0 Å². The highest BCUT2D eigenvalue weighted by atomic mass is 16.4. The Balaban J connectivity index is 1.75. The number of pyridine rings is 1. The van der Waals surface area contributed by atoms with E-state index in [1.54, 1.807) is 31.4 Å². The molecular weight excluding hydrogens is 356 g/mol. The highest BCUT2D eigenvalue weighted by Crippen LogP contribution is 2.22. The van der Waals surface area contributed by atoms with Crippen molar-refractivity contribution in [3.05, 3.63) is 47.9 Å². The number of carbonyl (C=O) groups excluding carboxylic acids is 1. The van der Waals surface area contributed by atoms with Gasteiger partial charge in [0.25, 0.3) is 0 Å². The lowest BCUT2D eigenvalue weighted by molar-refractivity contribution is -0.128. The molecule has 2 aromatic rings. The molecule has 0 bridgehead atoms. The van der Waals surface area contributed by atoms with Crippen molar-refractivity contribution in [3.8, 4) is 0 Å². The van der Waals surface area contributed by atoms with Gasteiger partial charge in [-0.1, -0.05) is 26.8 Å². The second-order valence-corrected chi connectivity index (χ2v) is 7.53. The molecule has 0 atom stereocenters. The number of carbonyl (C=O) groups is 1. The molecule has 0 unspecified atom stereocenters. The van der Waals surface area contributed by atoms with Gasteiger partial charge in [-0.3, -0.25) is 14.8 Å². The van der Waals surface area contributed by atoms with Gasteiger partial charge in [0.05, 0.1) is 19.3 Å². The Morgan fingerprint density at radius 1 is 1.25 bits per heavy atom. The Morgan fingerprint density at radius 2 is 2.04 bits per heavy atom. The van der Waals surface area contributed by atoms with Crippen molar-refractivity contribution < 1.29 is 9.21 Å². The number of oxazole rings is 1. The molecule has 0 aliphatic carbocycles. The van der Waals surface area contributed by atoms with Gasteiger partial charge in [-0.05, 0) is 12.1 Å². The van der Waals surface area contributed by atoms with Gasteiger partial charge >= 0.3 is 0 Å². The summed E-state index contributed by atoms with van der Waals surface area (Å²) in [6, 6.07) is 5.78. The number of amides is 1. The molecule has 2 heterocycles. The minimum atomic E-state index is -0.0859. The largest absolute Gasteiger partial charge is 0.443 e. The quantitative estimate of drug-likeness (QED) is 0.556. The maximum atomic E-state index is 12.3. The first-order chi connectivity index (χ1) is 13.3. The second-order valence-electron chi connectivity index (χ2n) is 7.53. The summed E-state index contributed by atoms with van der Waals surface area (Å²) in [6.45, 7) is 7.36. The molecule has 0 aliphatic heterocycles. The van der Waals surface area contributed by atoms with Gasteiger partial charge in [-0.2, -0.15) is 0 Å². The van der Waals surface area contributed by atoms with Crippen molar-refractivity contribution in [2.45, 2.75) is 39.2 Å². The van der Waals surface area contributed by atoms with E-state index in [9.17, 15) is 4.79 Å². The lowest BCUT2D eigenvalue weighted by Crippen LogP contribution is -2.43. The van der Waals surface area contributed by atoms with Gasteiger partial charge in [-0.15, -0.1) is 0 Å². The third-order valence-electron chi connectivity index (χ3n) is 4.19. The average molecular weight is 387 g/mol. The summed E-state index contributed by atoms with van der Waals surface area (Å²) >= 11 is 0. The molecule has 2 rings (SSSR count). The standard InChI is InChI=1S/C20H30N6O2/c1-20(2,3)16-12-23-17(28-16)13-24-19(21-4)25-14-18(27)26(5)11-9-15-8-6-7-10-22-15/h6-8,10,12H,9,11,13-14H2,1-5H3,(H2,21,24,25). The summed E-state index contributed by atoms with van der Waals surface area (Å²) in [4.78, 5) is 26.7. The zero-order valence-electron chi connectivity index (χ0n) is 17.3. The molecule has 28 heavy (non-hydrogen) atoms. The van der Waals surface area contributed by atoms with Crippen LogP contribution in [0.5, 0.6) is 0 Å². The number of hydrogen-bond acceptors (Lipinski definition) is 5. The Bertz CT molecular complexity index is 779. The first kappa shape index (κ1) is 21.4. The molecular formula is C20H30N6O2. The van der Waals surface area contributed by atoms with E-state index in [-0.39, 0.29) is 17.9 Å². The monoisotopic (exact) mass is 386 g/mol. The van der Waals surface area contributed by atoms with E-state index in [1.807, 2.05) is 18.2 Å². The van der Waals surface area contributed by atoms with Crippen LogP contribution in [0.3, 0.4) is 0 Å². The van der Waals surface area contributed by atoms with Crippen LogP contribution < -0.4 is 10.6 Å². The first-order valence-corrected chi connectivity index (χ1v) is 9.33. The Labute approximate surface area is 166 Å². The Morgan fingerprint density at radius 3 is 2.64 bits per heavy atom. The molecule has 8 nitrogen and oxygen atoms in total. The van der Waals surface area contributed by atoms with Crippen molar-refractivity contribution in [2.75, 3.05) is 27.2 Å². The molecule has 0 radical (unpaired) electrons. The Hall–Kier alpha value is -2.90. The number of hydrogen-bond donors (Lipinski definition) is 2. The number of aromatic nitrogens is 2. The molecule has 152 valence electrons. The van der Waals surface area contributed by atoms with Crippen LogP contribution in [-0.4, -0.2) is 53.9 Å². The van der Waals surface area contributed by atoms with Crippen LogP contribution in [0, 0.1) is 0 Å². The lowest BCUT2D eigenvalue weighted by atomic mass is 9.94. The number of guanidine groups is 1. The summed E-state index contributed by atoms with van der Waals surface area (Å²) in [5.41, 5.74) is 0.880. The summed E-state index contributed by atoms with van der Waals surface area (Å²) in [6.07, 6.45) is 4.22. The van der Waals surface area contributed by atoms with E-state index in [0.717, 1.165) is 17.9 Å². The van der Waals surface area contributed by atoms with E-state index in [4.69, 9.17) is 4.42 Å². The zero-order chi connectivity index (χ0) is 20.6. The fourth-order valence-corrected chi connectivity index (χ4v) is 2.37. The summed E-state index contributed by atoms with van der Waals surface area (Å²) in [5.74, 6) is 1.90. The van der Waals surface area contributed by atoms with E-state index in [0.29, 0.717) is 24.9 Å². The van der Waals surface area contributed by atoms with Crippen LogP contribution in [0.1, 0.15) is 38.1 Å². The summed E-state index contributed by atoms with van der Waals surface area (Å²) in [5, 5.41) is 6.12. The minimum Gasteiger partial charge on any atom is -0.443 e. The topological polar surface area (TPSA) is 95.7 Å². The second kappa shape index (κ2) is 9.87. The molecule has 0 spiro atoms. The van der Waals surface area contributed by atoms with Gasteiger partial charge < -0.3 is 20.0 Å². The Kier molecular flexibility index (Phi) is 7.54. The van der Waals surface area contributed by atoms with Crippen LogP contribution in [0.15, 0.2) is 40.0 Å². The number of nitrogens with one attached hydrogen (secondary N) is 2. The molecule has 0 fully saturated rings. The highest BCUT2D eigenvalue weighted by Gasteiger charge is 2.19. The van der Waals surface area contributed by atoms with Gasteiger partial charge in [0.2, 0.25) is 11.8 Å². The van der Waals surface area contributed by atoms with Crippen LogP contribution in [-0.2, 0) is 23.2 Å². The van der Waals surface area contributed by atoms with Gasteiger partial charge in [0, 0.05) is 44.4 Å². The molecule has 0 aliphatic rings. The smallest absolute Gasteiger partial charge is 0.241 e. The minimum absolute atomic E-state index is 0.0231. The van der Waals surface area contributed by atoms with E-state index in [2.05, 4.69) is 46.4 Å².